The van der Waals surface area contributed by atoms with Crippen molar-refractivity contribution < 1.29 is 14.6 Å². The van der Waals surface area contributed by atoms with Crippen molar-refractivity contribution in [2.45, 2.75) is 31.9 Å². The smallest absolute Gasteiger partial charge is 0.236 e. The van der Waals surface area contributed by atoms with Crippen molar-refractivity contribution in [3.8, 4) is 5.75 Å². The van der Waals surface area contributed by atoms with Gasteiger partial charge in [0.25, 0.3) is 0 Å². The molecule has 0 aromatic heterocycles. The molecular weight excluding hydrogens is 290 g/mol. The van der Waals surface area contributed by atoms with Crippen LogP contribution in [0.1, 0.15) is 30.4 Å². The van der Waals surface area contributed by atoms with E-state index in [0.29, 0.717) is 12.1 Å². The average molecular weight is 311 g/mol. The summed E-state index contributed by atoms with van der Waals surface area (Å²) >= 11 is 0. The van der Waals surface area contributed by atoms with Gasteiger partial charge < -0.3 is 9.84 Å². The molecule has 1 N–H and O–H groups in total. The number of nitrogens with zero attached hydrogens (tertiary/aromatic N) is 1. The molecule has 2 aromatic rings. The number of carbonyl (C=O) groups excluding carboxylic acids is 1. The molecule has 1 heterocycles. The van der Waals surface area contributed by atoms with Crippen LogP contribution in [0, 0.1) is 0 Å². The topological polar surface area (TPSA) is 49.8 Å². The lowest BCUT2D eigenvalue weighted by molar-refractivity contribution is -0.118. The van der Waals surface area contributed by atoms with Crippen LogP contribution in [0.25, 0.3) is 0 Å². The lowest BCUT2D eigenvalue weighted by Gasteiger charge is -2.21. The molecule has 3 rings (SSSR count). The van der Waals surface area contributed by atoms with Crippen LogP contribution in [0.5, 0.6) is 5.75 Å². The fourth-order valence-electron chi connectivity index (χ4n) is 3.08. The Morgan fingerprint density at radius 1 is 1.22 bits per heavy atom. The van der Waals surface area contributed by atoms with Crippen molar-refractivity contribution in [3.05, 3.63) is 59.7 Å². The average Bonchev–Trinajstić information content (AvgIpc) is 2.89. The standard InChI is InChI=1S/C19H21NO3/c1-3-13-5-4-6-14(11-13)17-12-18(21)20(19(17)22)15-7-9-16(23-2)10-8-15/h4-11,17-18,21H,3,12H2,1-2H3. The van der Waals surface area contributed by atoms with E-state index >= 15 is 0 Å². The van der Waals surface area contributed by atoms with Crippen molar-refractivity contribution in [1.82, 2.24) is 0 Å². The van der Waals surface area contributed by atoms with Crippen LogP contribution in [0.2, 0.25) is 0 Å². The van der Waals surface area contributed by atoms with Crippen molar-refractivity contribution >= 4 is 11.6 Å². The third-order valence-corrected chi connectivity index (χ3v) is 4.39. The van der Waals surface area contributed by atoms with Gasteiger partial charge >= 0.3 is 0 Å². The first-order valence-electron chi connectivity index (χ1n) is 7.88. The lowest BCUT2D eigenvalue weighted by Crippen LogP contribution is -2.33. The van der Waals surface area contributed by atoms with Crippen LogP contribution in [0.3, 0.4) is 0 Å². The van der Waals surface area contributed by atoms with E-state index in [-0.39, 0.29) is 11.8 Å². The summed E-state index contributed by atoms with van der Waals surface area (Å²) < 4.78 is 5.14. The number of hydrogen-bond donors (Lipinski definition) is 1. The minimum absolute atomic E-state index is 0.0593. The van der Waals surface area contributed by atoms with Gasteiger partial charge in [-0.1, -0.05) is 31.2 Å². The molecule has 2 aromatic carbocycles. The predicted molar refractivity (Wildman–Crippen MR) is 89.7 cm³/mol. The summed E-state index contributed by atoms with van der Waals surface area (Å²) in [6, 6.07) is 15.2. The Hall–Kier alpha value is -2.33. The van der Waals surface area contributed by atoms with Gasteiger partial charge in [0.05, 0.1) is 13.0 Å². The predicted octanol–water partition coefficient (Wildman–Crippen LogP) is 3.10. The van der Waals surface area contributed by atoms with Gasteiger partial charge in [0.2, 0.25) is 5.91 Å². The van der Waals surface area contributed by atoms with Crippen LogP contribution in [-0.4, -0.2) is 24.4 Å². The summed E-state index contributed by atoms with van der Waals surface area (Å²) in [6.07, 6.45) is 0.545. The van der Waals surface area contributed by atoms with Gasteiger partial charge in [-0.3, -0.25) is 9.69 Å². The van der Waals surface area contributed by atoms with Crippen molar-refractivity contribution in [1.29, 1.82) is 0 Å². The highest BCUT2D eigenvalue weighted by atomic mass is 16.5. The van der Waals surface area contributed by atoms with E-state index in [2.05, 4.69) is 19.1 Å². The molecule has 2 atom stereocenters. The fraction of sp³-hybridized carbons (Fsp3) is 0.316. The number of methoxy groups -OCH3 is 1. The summed E-state index contributed by atoms with van der Waals surface area (Å²) in [5.74, 6) is 0.372. The molecule has 0 saturated carbocycles. The zero-order valence-electron chi connectivity index (χ0n) is 13.4. The Morgan fingerprint density at radius 2 is 1.96 bits per heavy atom. The van der Waals surface area contributed by atoms with E-state index in [4.69, 9.17) is 4.74 Å². The van der Waals surface area contributed by atoms with E-state index in [1.54, 1.807) is 31.4 Å². The molecule has 0 spiro atoms. The zero-order chi connectivity index (χ0) is 16.4. The van der Waals surface area contributed by atoms with E-state index in [9.17, 15) is 9.90 Å². The first-order valence-corrected chi connectivity index (χ1v) is 7.88. The molecule has 4 heteroatoms. The maximum Gasteiger partial charge on any atom is 0.236 e. The molecular formula is C19H21NO3. The second kappa shape index (κ2) is 6.42. The molecule has 23 heavy (non-hydrogen) atoms. The van der Waals surface area contributed by atoms with Crippen molar-refractivity contribution in [3.63, 3.8) is 0 Å². The van der Waals surface area contributed by atoms with Crippen molar-refractivity contribution in [2.24, 2.45) is 0 Å². The monoisotopic (exact) mass is 311 g/mol. The minimum atomic E-state index is -0.800. The van der Waals surface area contributed by atoms with Crippen LogP contribution < -0.4 is 9.64 Å². The van der Waals surface area contributed by atoms with Crippen LogP contribution in [0.15, 0.2) is 48.5 Å². The van der Waals surface area contributed by atoms with E-state index in [1.165, 1.54) is 10.5 Å². The molecule has 4 nitrogen and oxygen atoms in total. The van der Waals surface area contributed by atoms with Gasteiger partial charge in [-0.25, -0.2) is 0 Å². The van der Waals surface area contributed by atoms with Gasteiger partial charge in [0.15, 0.2) is 0 Å². The molecule has 1 amide bonds. The Kier molecular flexibility index (Phi) is 4.35. The summed E-state index contributed by atoms with van der Waals surface area (Å²) in [5, 5.41) is 10.4. The zero-order valence-corrected chi connectivity index (χ0v) is 13.4. The Bertz CT molecular complexity index is 696. The second-order valence-electron chi connectivity index (χ2n) is 5.77. The molecule has 0 bridgehead atoms. The third kappa shape index (κ3) is 2.94. The summed E-state index contributed by atoms with van der Waals surface area (Å²) in [5.41, 5.74) is 2.87. The summed E-state index contributed by atoms with van der Waals surface area (Å²) in [7, 11) is 1.60. The Morgan fingerprint density at radius 3 is 2.61 bits per heavy atom. The number of benzene rings is 2. The number of aryl methyl sites for hydroxylation is 1. The molecule has 2 unspecified atom stereocenters. The first kappa shape index (κ1) is 15.6. The number of carbonyl (C=O) groups is 1. The number of anilines is 1. The minimum Gasteiger partial charge on any atom is -0.497 e. The van der Waals surface area contributed by atoms with E-state index in [0.717, 1.165) is 17.7 Å². The van der Waals surface area contributed by atoms with Gasteiger partial charge in [-0.2, -0.15) is 0 Å². The quantitative estimate of drug-likeness (QED) is 0.944. The molecule has 1 saturated heterocycles. The molecule has 1 aliphatic rings. The summed E-state index contributed by atoms with van der Waals surface area (Å²) in [4.78, 5) is 14.3. The molecule has 0 aliphatic carbocycles. The molecule has 1 aliphatic heterocycles. The van der Waals surface area contributed by atoms with E-state index in [1.807, 2.05) is 12.1 Å². The van der Waals surface area contributed by atoms with E-state index < -0.39 is 6.23 Å². The number of aliphatic hydroxyl groups excluding tert-OH is 1. The van der Waals surface area contributed by atoms with Gasteiger partial charge in [0, 0.05) is 12.1 Å². The second-order valence-corrected chi connectivity index (χ2v) is 5.77. The van der Waals surface area contributed by atoms with Gasteiger partial charge in [-0.05, 0) is 41.8 Å². The molecule has 1 fully saturated rings. The molecule has 120 valence electrons. The fourth-order valence-corrected chi connectivity index (χ4v) is 3.08. The third-order valence-electron chi connectivity index (χ3n) is 4.39. The van der Waals surface area contributed by atoms with Gasteiger partial charge in [0.1, 0.15) is 12.0 Å². The number of rotatable bonds is 4. The van der Waals surface area contributed by atoms with Crippen LogP contribution in [0.4, 0.5) is 5.69 Å². The number of amides is 1. The SMILES string of the molecule is CCc1cccc(C2CC(O)N(c3ccc(OC)cc3)C2=O)c1. The number of ether oxygens (including phenoxy) is 1. The van der Waals surface area contributed by atoms with Crippen molar-refractivity contribution in [2.75, 3.05) is 12.0 Å². The normalized spacial score (nSPS) is 20.8. The molecule has 0 radical (unpaired) electrons. The maximum absolute atomic E-state index is 12.8. The number of aliphatic hydroxyl groups is 1. The Balaban J connectivity index is 1.88. The highest BCUT2D eigenvalue weighted by molar-refractivity contribution is 6.00. The van der Waals surface area contributed by atoms with Crippen LogP contribution >= 0.6 is 0 Å². The highest BCUT2D eigenvalue weighted by Crippen LogP contribution is 2.36. The number of hydrogen-bond acceptors (Lipinski definition) is 3. The lowest BCUT2D eigenvalue weighted by atomic mass is 9.95. The first-order chi connectivity index (χ1) is 11.1. The highest BCUT2D eigenvalue weighted by Gasteiger charge is 2.40. The Labute approximate surface area is 136 Å². The summed E-state index contributed by atoms with van der Waals surface area (Å²) in [6.45, 7) is 2.09. The van der Waals surface area contributed by atoms with Crippen LogP contribution in [-0.2, 0) is 11.2 Å². The van der Waals surface area contributed by atoms with Gasteiger partial charge in [-0.15, -0.1) is 0 Å². The largest absolute Gasteiger partial charge is 0.497 e. The maximum atomic E-state index is 12.8.